The fraction of sp³-hybridized carbons (Fsp3) is 0.611. The highest BCUT2D eigenvalue weighted by atomic mass is 35.5. The van der Waals surface area contributed by atoms with Gasteiger partial charge in [0.25, 0.3) is 0 Å². The van der Waals surface area contributed by atoms with Gasteiger partial charge in [-0.05, 0) is 36.7 Å². The summed E-state index contributed by atoms with van der Waals surface area (Å²) in [6, 6.07) is 10.7. The van der Waals surface area contributed by atoms with Gasteiger partial charge in [-0.25, -0.2) is 4.79 Å². The van der Waals surface area contributed by atoms with E-state index in [1.165, 1.54) is 5.56 Å². The van der Waals surface area contributed by atoms with Crippen LogP contribution in [0.25, 0.3) is 0 Å². The Balaban J connectivity index is 0.00000192. The summed E-state index contributed by atoms with van der Waals surface area (Å²) >= 11 is 0. The summed E-state index contributed by atoms with van der Waals surface area (Å²) in [6.45, 7) is 5.80. The molecule has 0 bridgehead atoms. The lowest BCUT2D eigenvalue weighted by Gasteiger charge is -2.41. The van der Waals surface area contributed by atoms with Crippen LogP contribution in [0.4, 0.5) is 4.79 Å². The molecule has 1 heterocycles. The van der Waals surface area contributed by atoms with Crippen molar-refractivity contribution in [1.82, 2.24) is 10.2 Å². The molecule has 3 rings (SSSR count). The van der Waals surface area contributed by atoms with Gasteiger partial charge < -0.3 is 10.4 Å². The van der Waals surface area contributed by atoms with Crippen molar-refractivity contribution < 1.29 is 9.90 Å². The van der Waals surface area contributed by atoms with Gasteiger partial charge in [0.15, 0.2) is 0 Å². The van der Waals surface area contributed by atoms with Gasteiger partial charge in [0.2, 0.25) is 0 Å². The molecule has 1 aromatic carbocycles. The quantitative estimate of drug-likeness (QED) is 0.884. The maximum Gasteiger partial charge on any atom is 0.407 e. The van der Waals surface area contributed by atoms with Crippen LogP contribution in [0.1, 0.15) is 32.3 Å². The van der Waals surface area contributed by atoms with Crippen LogP contribution >= 0.6 is 12.4 Å². The standard InChI is InChI=1S/C18H26N2O2.ClH/c1-13(2)8-16-11-20(17(21)22)18(12-19-16)10-15(18)9-14-6-4-3-5-7-14;/h3-7,13,15-16,19H,8-12H2,1-2H3,(H,21,22);1H/t15?,16-,18?;/m1./s1. The van der Waals surface area contributed by atoms with Crippen LogP contribution in [0.2, 0.25) is 0 Å². The number of benzene rings is 1. The van der Waals surface area contributed by atoms with Crippen LogP contribution in [0.3, 0.4) is 0 Å². The molecule has 2 unspecified atom stereocenters. The third kappa shape index (κ3) is 3.81. The average Bonchev–Trinajstić information content (AvgIpc) is 3.14. The second kappa shape index (κ2) is 7.10. The van der Waals surface area contributed by atoms with E-state index in [0.29, 0.717) is 24.4 Å². The Hall–Kier alpha value is -1.26. The Kier molecular flexibility index (Phi) is 5.58. The van der Waals surface area contributed by atoms with E-state index < -0.39 is 6.09 Å². The Bertz CT molecular complexity index is 537. The Morgan fingerprint density at radius 3 is 2.70 bits per heavy atom. The molecule has 2 N–H and O–H groups in total. The SMILES string of the molecule is CC(C)C[C@@H]1CN(C(=O)O)C2(CN1)CC2Cc1ccccc1.Cl. The van der Waals surface area contributed by atoms with Crippen LogP contribution in [0.5, 0.6) is 0 Å². The molecule has 1 spiro atoms. The van der Waals surface area contributed by atoms with Gasteiger partial charge in [0, 0.05) is 19.1 Å². The van der Waals surface area contributed by atoms with E-state index in [1.807, 2.05) is 6.07 Å². The highest BCUT2D eigenvalue weighted by molar-refractivity contribution is 5.85. The van der Waals surface area contributed by atoms with Crippen LogP contribution in [-0.2, 0) is 6.42 Å². The van der Waals surface area contributed by atoms with E-state index in [9.17, 15) is 9.90 Å². The first kappa shape index (κ1) is 18.1. The zero-order chi connectivity index (χ0) is 15.7. The number of carbonyl (C=O) groups is 1. The lowest BCUT2D eigenvalue weighted by molar-refractivity contribution is 0.0788. The topological polar surface area (TPSA) is 52.6 Å². The average molecular weight is 339 g/mol. The molecule has 1 aromatic rings. The summed E-state index contributed by atoms with van der Waals surface area (Å²) in [5, 5.41) is 13.2. The fourth-order valence-electron chi connectivity index (χ4n) is 3.95. The molecule has 1 saturated heterocycles. The minimum Gasteiger partial charge on any atom is -0.465 e. The van der Waals surface area contributed by atoms with Gasteiger partial charge in [0.1, 0.15) is 0 Å². The number of hydrogen-bond donors (Lipinski definition) is 2. The molecule has 23 heavy (non-hydrogen) atoms. The summed E-state index contributed by atoms with van der Waals surface area (Å²) in [5.41, 5.74) is 1.13. The third-order valence-electron chi connectivity index (χ3n) is 5.15. The number of halogens is 1. The molecule has 1 aliphatic heterocycles. The van der Waals surface area contributed by atoms with Gasteiger partial charge in [-0.1, -0.05) is 44.2 Å². The van der Waals surface area contributed by atoms with Gasteiger partial charge in [-0.15, -0.1) is 12.4 Å². The molecule has 1 saturated carbocycles. The van der Waals surface area contributed by atoms with E-state index in [4.69, 9.17) is 0 Å². The molecule has 1 amide bonds. The van der Waals surface area contributed by atoms with E-state index >= 15 is 0 Å². The minimum absolute atomic E-state index is 0. The molecule has 0 radical (unpaired) electrons. The van der Waals surface area contributed by atoms with Crippen LogP contribution in [0.15, 0.2) is 30.3 Å². The molecule has 3 atom stereocenters. The normalized spacial score (nSPS) is 29.4. The molecular weight excluding hydrogens is 312 g/mol. The molecule has 1 aliphatic carbocycles. The molecule has 2 aliphatic rings. The van der Waals surface area contributed by atoms with Crippen LogP contribution in [0, 0.1) is 11.8 Å². The maximum atomic E-state index is 11.7. The molecule has 5 heteroatoms. The smallest absolute Gasteiger partial charge is 0.407 e. The Morgan fingerprint density at radius 2 is 2.09 bits per heavy atom. The number of carboxylic acid groups (broad SMARTS) is 1. The summed E-state index contributed by atoms with van der Waals surface area (Å²) < 4.78 is 0. The van der Waals surface area contributed by atoms with Crippen molar-refractivity contribution >= 4 is 18.5 Å². The van der Waals surface area contributed by atoms with Crippen molar-refractivity contribution in [2.45, 2.75) is 44.7 Å². The van der Waals surface area contributed by atoms with Crippen molar-refractivity contribution in [1.29, 1.82) is 0 Å². The zero-order valence-electron chi connectivity index (χ0n) is 13.9. The molecule has 128 valence electrons. The second-order valence-corrected chi connectivity index (χ2v) is 7.29. The first-order chi connectivity index (χ1) is 10.5. The van der Waals surface area contributed by atoms with Gasteiger partial charge in [-0.2, -0.15) is 0 Å². The first-order valence-corrected chi connectivity index (χ1v) is 8.29. The lowest BCUT2D eigenvalue weighted by Crippen LogP contribution is -2.60. The third-order valence-corrected chi connectivity index (χ3v) is 5.15. The first-order valence-electron chi connectivity index (χ1n) is 8.29. The number of hydrogen-bond acceptors (Lipinski definition) is 2. The number of nitrogens with zero attached hydrogens (tertiary/aromatic N) is 1. The fourth-order valence-corrected chi connectivity index (χ4v) is 3.95. The number of piperazine rings is 1. The highest BCUT2D eigenvalue weighted by Crippen LogP contribution is 2.51. The molecule has 2 fully saturated rings. The van der Waals surface area contributed by atoms with E-state index in [-0.39, 0.29) is 17.9 Å². The number of rotatable bonds is 4. The maximum absolute atomic E-state index is 11.7. The van der Waals surface area contributed by atoms with Gasteiger partial charge >= 0.3 is 6.09 Å². The minimum atomic E-state index is -0.759. The molecule has 0 aromatic heterocycles. The van der Waals surface area contributed by atoms with E-state index in [2.05, 4.69) is 43.4 Å². The highest BCUT2D eigenvalue weighted by Gasteiger charge is 2.61. The number of amides is 1. The summed E-state index contributed by atoms with van der Waals surface area (Å²) in [5.74, 6) is 1.03. The van der Waals surface area contributed by atoms with E-state index in [0.717, 1.165) is 25.8 Å². The van der Waals surface area contributed by atoms with Gasteiger partial charge in [0.05, 0.1) is 5.54 Å². The predicted octanol–water partition coefficient (Wildman–Crippen LogP) is 3.41. The zero-order valence-corrected chi connectivity index (χ0v) is 14.7. The number of nitrogens with one attached hydrogen (secondary N) is 1. The van der Waals surface area contributed by atoms with Crippen molar-refractivity contribution in [3.05, 3.63) is 35.9 Å². The monoisotopic (exact) mass is 338 g/mol. The summed E-state index contributed by atoms with van der Waals surface area (Å²) in [4.78, 5) is 13.5. The van der Waals surface area contributed by atoms with Crippen molar-refractivity contribution in [3.63, 3.8) is 0 Å². The molecule has 4 nitrogen and oxygen atoms in total. The summed E-state index contributed by atoms with van der Waals surface area (Å²) in [7, 11) is 0. The van der Waals surface area contributed by atoms with E-state index in [1.54, 1.807) is 4.90 Å². The molecular formula is C18H27ClN2O2. The van der Waals surface area contributed by atoms with Gasteiger partial charge in [-0.3, -0.25) is 4.90 Å². The predicted molar refractivity (Wildman–Crippen MR) is 94.2 cm³/mol. The van der Waals surface area contributed by atoms with Crippen LogP contribution < -0.4 is 5.32 Å². The van der Waals surface area contributed by atoms with Crippen molar-refractivity contribution in [2.75, 3.05) is 13.1 Å². The largest absolute Gasteiger partial charge is 0.465 e. The van der Waals surface area contributed by atoms with Crippen molar-refractivity contribution in [3.8, 4) is 0 Å². The Morgan fingerprint density at radius 1 is 1.39 bits per heavy atom. The summed E-state index contributed by atoms with van der Waals surface area (Å²) in [6.07, 6.45) is 2.23. The Labute approximate surface area is 144 Å². The second-order valence-electron chi connectivity index (χ2n) is 7.29. The van der Waals surface area contributed by atoms with Crippen molar-refractivity contribution in [2.24, 2.45) is 11.8 Å². The lowest BCUT2D eigenvalue weighted by atomic mass is 9.97. The van der Waals surface area contributed by atoms with Crippen LogP contribution in [-0.4, -0.2) is 40.8 Å².